The maximum Gasteiger partial charge on any atom is 0.221 e. The van der Waals surface area contributed by atoms with Gasteiger partial charge in [-0.2, -0.15) is 5.10 Å². The van der Waals surface area contributed by atoms with Gasteiger partial charge in [-0.05, 0) is 13.0 Å². The minimum Gasteiger partial charge on any atom is -0.356 e. The zero-order valence-corrected chi connectivity index (χ0v) is 9.31. The smallest absolute Gasteiger partial charge is 0.221 e. The van der Waals surface area contributed by atoms with Gasteiger partial charge in [-0.25, -0.2) is 0 Å². The lowest BCUT2D eigenvalue weighted by Crippen LogP contribution is -2.23. The standard InChI is InChI=1S/C12H15N3O/c1-2-13-12(16)7-8-15-11-6-4-3-5-10(11)9-14-15/h3-6,9H,2,7-8H2,1H3,(H,13,16). The van der Waals surface area contributed by atoms with Gasteiger partial charge in [0.2, 0.25) is 5.91 Å². The average molecular weight is 217 g/mol. The van der Waals surface area contributed by atoms with E-state index >= 15 is 0 Å². The molecule has 0 bridgehead atoms. The molecule has 0 saturated heterocycles. The van der Waals surface area contributed by atoms with Crippen molar-refractivity contribution in [3.8, 4) is 0 Å². The Kier molecular flexibility index (Phi) is 3.19. The number of para-hydroxylation sites is 1. The number of hydrogen-bond donors (Lipinski definition) is 1. The Morgan fingerprint density at radius 2 is 2.25 bits per heavy atom. The third-order valence-corrected chi connectivity index (χ3v) is 2.48. The van der Waals surface area contributed by atoms with E-state index in [1.807, 2.05) is 42.1 Å². The molecule has 84 valence electrons. The normalized spacial score (nSPS) is 10.6. The summed E-state index contributed by atoms with van der Waals surface area (Å²) < 4.78 is 1.87. The molecule has 0 aliphatic carbocycles. The van der Waals surface area contributed by atoms with Crippen molar-refractivity contribution < 1.29 is 4.79 Å². The third-order valence-electron chi connectivity index (χ3n) is 2.48. The first-order valence-corrected chi connectivity index (χ1v) is 5.48. The van der Waals surface area contributed by atoms with Crippen LogP contribution in [0, 0.1) is 0 Å². The molecule has 0 aliphatic rings. The highest BCUT2D eigenvalue weighted by Gasteiger charge is 2.04. The van der Waals surface area contributed by atoms with Crippen molar-refractivity contribution in [3.63, 3.8) is 0 Å². The van der Waals surface area contributed by atoms with Crippen molar-refractivity contribution in [2.75, 3.05) is 6.54 Å². The Morgan fingerprint density at radius 1 is 1.44 bits per heavy atom. The van der Waals surface area contributed by atoms with Crippen molar-refractivity contribution in [2.45, 2.75) is 19.9 Å². The molecule has 0 aliphatic heterocycles. The molecule has 1 amide bonds. The molecule has 0 atom stereocenters. The van der Waals surface area contributed by atoms with E-state index in [1.165, 1.54) is 0 Å². The van der Waals surface area contributed by atoms with Gasteiger partial charge in [0.05, 0.1) is 18.3 Å². The molecule has 1 heterocycles. The summed E-state index contributed by atoms with van der Waals surface area (Å²) in [5, 5.41) is 8.15. The van der Waals surface area contributed by atoms with Gasteiger partial charge in [-0.3, -0.25) is 9.48 Å². The molecule has 4 heteroatoms. The van der Waals surface area contributed by atoms with Crippen LogP contribution in [0.5, 0.6) is 0 Å². The number of hydrogen-bond acceptors (Lipinski definition) is 2. The number of benzene rings is 1. The van der Waals surface area contributed by atoms with Gasteiger partial charge in [-0.15, -0.1) is 0 Å². The predicted octanol–water partition coefficient (Wildman–Crippen LogP) is 1.56. The third kappa shape index (κ3) is 2.21. The van der Waals surface area contributed by atoms with Crippen molar-refractivity contribution in [1.82, 2.24) is 15.1 Å². The molecule has 1 aromatic carbocycles. The van der Waals surface area contributed by atoms with Crippen LogP contribution in [0.25, 0.3) is 10.9 Å². The van der Waals surface area contributed by atoms with Gasteiger partial charge < -0.3 is 5.32 Å². The van der Waals surface area contributed by atoms with Crippen molar-refractivity contribution in [1.29, 1.82) is 0 Å². The van der Waals surface area contributed by atoms with Crippen LogP contribution in [0.3, 0.4) is 0 Å². The van der Waals surface area contributed by atoms with E-state index in [1.54, 1.807) is 0 Å². The molecule has 1 N–H and O–H groups in total. The summed E-state index contributed by atoms with van der Waals surface area (Å²) >= 11 is 0. The van der Waals surface area contributed by atoms with Crippen LogP contribution in [0.1, 0.15) is 13.3 Å². The van der Waals surface area contributed by atoms with Gasteiger partial charge in [0, 0.05) is 18.4 Å². The summed E-state index contributed by atoms with van der Waals surface area (Å²) in [6.07, 6.45) is 2.30. The maximum atomic E-state index is 11.3. The number of nitrogens with zero attached hydrogens (tertiary/aromatic N) is 2. The SMILES string of the molecule is CCNC(=O)CCn1ncc2ccccc21. The van der Waals surface area contributed by atoms with Crippen LogP contribution >= 0.6 is 0 Å². The molecular weight excluding hydrogens is 202 g/mol. The Labute approximate surface area is 94.3 Å². The number of nitrogens with one attached hydrogen (secondary N) is 1. The summed E-state index contributed by atoms with van der Waals surface area (Å²) in [4.78, 5) is 11.3. The zero-order valence-electron chi connectivity index (χ0n) is 9.31. The van der Waals surface area contributed by atoms with E-state index in [2.05, 4.69) is 10.4 Å². The Hall–Kier alpha value is -1.84. The minimum absolute atomic E-state index is 0.0714. The Balaban J connectivity index is 2.07. The van der Waals surface area contributed by atoms with Gasteiger partial charge in [0.15, 0.2) is 0 Å². The maximum absolute atomic E-state index is 11.3. The lowest BCUT2D eigenvalue weighted by Gasteiger charge is -2.03. The quantitative estimate of drug-likeness (QED) is 0.844. The minimum atomic E-state index is 0.0714. The number of amides is 1. The lowest BCUT2D eigenvalue weighted by molar-refractivity contribution is -0.121. The number of aromatic nitrogens is 2. The van der Waals surface area contributed by atoms with Crippen LogP contribution in [0.15, 0.2) is 30.5 Å². The molecule has 0 saturated carbocycles. The molecule has 2 aromatic rings. The van der Waals surface area contributed by atoms with E-state index < -0.39 is 0 Å². The number of carbonyl (C=O) groups is 1. The average Bonchev–Trinajstić information content (AvgIpc) is 2.70. The van der Waals surface area contributed by atoms with Crippen LogP contribution < -0.4 is 5.32 Å². The molecule has 0 unspecified atom stereocenters. The fourth-order valence-corrected chi connectivity index (χ4v) is 1.70. The number of rotatable bonds is 4. The highest BCUT2D eigenvalue weighted by Crippen LogP contribution is 2.12. The van der Waals surface area contributed by atoms with E-state index in [0.717, 1.165) is 10.9 Å². The monoisotopic (exact) mass is 217 g/mol. The van der Waals surface area contributed by atoms with Crippen LogP contribution in [-0.2, 0) is 11.3 Å². The molecule has 4 nitrogen and oxygen atoms in total. The van der Waals surface area contributed by atoms with Crippen LogP contribution in [0.2, 0.25) is 0 Å². The molecule has 1 aromatic heterocycles. The molecule has 2 rings (SSSR count). The summed E-state index contributed by atoms with van der Waals surface area (Å²) in [5.41, 5.74) is 1.08. The number of fused-ring (bicyclic) bond motifs is 1. The first-order valence-electron chi connectivity index (χ1n) is 5.48. The summed E-state index contributed by atoms with van der Waals surface area (Å²) in [6, 6.07) is 8.00. The fraction of sp³-hybridized carbons (Fsp3) is 0.333. The van der Waals surface area contributed by atoms with Gasteiger partial charge in [0.25, 0.3) is 0 Å². The van der Waals surface area contributed by atoms with Crippen LogP contribution in [0.4, 0.5) is 0 Å². The summed E-state index contributed by atoms with van der Waals surface area (Å²) in [7, 11) is 0. The molecule has 16 heavy (non-hydrogen) atoms. The van der Waals surface area contributed by atoms with Gasteiger partial charge >= 0.3 is 0 Å². The summed E-state index contributed by atoms with van der Waals surface area (Å²) in [5.74, 6) is 0.0714. The van der Waals surface area contributed by atoms with Crippen molar-refractivity contribution >= 4 is 16.8 Å². The fourth-order valence-electron chi connectivity index (χ4n) is 1.70. The van der Waals surface area contributed by atoms with Gasteiger partial charge in [0.1, 0.15) is 0 Å². The Bertz CT molecular complexity index is 490. The lowest BCUT2D eigenvalue weighted by atomic mass is 10.2. The molecule has 0 spiro atoms. The van der Waals surface area contributed by atoms with E-state index in [0.29, 0.717) is 19.5 Å². The van der Waals surface area contributed by atoms with E-state index in [9.17, 15) is 4.79 Å². The topological polar surface area (TPSA) is 46.9 Å². The highest BCUT2D eigenvalue weighted by atomic mass is 16.1. The zero-order chi connectivity index (χ0) is 11.4. The molecular formula is C12H15N3O. The van der Waals surface area contributed by atoms with Crippen LogP contribution in [-0.4, -0.2) is 22.2 Å². The second-order valence-electron chi connectivity index (χ2n) is 3.63. The Morgan fingerprint density at radius 3 is 3.06 bits per heavy atom. The first-order chi connectivity index (χ1) is 7.81. The predicted molar refractivity (Wildman–Crippen MR) is 63.0 cm³/mol. The number of carbonyl (C=O) groups excluding carboxylic acids is 1. The molecule has 0 fully saturated rings. The van der Waals surface area contributed by atoms with Crippen molar-refractivity contribution in [2.24, 2.45) is 0 Å². The largest absolute Gasteiger partial charge is 0.356 e. The van der Waals surface area contributed by atoms with Crippen molar-refractivity contribution in [3.05, 3.63) is 30.5 Å². The van der Waals surface area contributed by atoms with Gasteiger partial charge in [-0.1, -0.05) is 18.2 Å². The second kappa shape index (κ2) is 4.79. The molecule has 0 radical (unpaired) electrons. The second-order valence-corrected chi connectivity index (χ2v) is 3.63. The highest BCUT2D eigenvalue weighted by molar-refractivity contribution is 5.79. The first kappa shape index (κ1) is 10.7. The van der Waals surface area contributed by atoms with E-state index in [-0.39, 0.29) is 5.91 Å². The summed E-state index contributed by atoms with van der Waals surface area (Å²) in [6.45, 7) is 3.22. The van der Waals surface area contributed by atoms with E-state index in [4.69, 9.17) is 0 Å². The number of aryl methyl sites for hydroxylation is 1.